The average Bonchev–Trinajstić information content (AvgIpc) is 2.79. The number of methoxy groups -OCH3 is 1. The Morgan fingerprint density at radius 3 is 2.79 bits per heavy atom. The number of likely N-dealkylation sites (tertiary alicyclic amines) is 1. The molecule has 1 aromatic rings. The van der Waals surface area contributed by atoms with Crippen molar-refractivity contribution in [2.75, 3.05) is 20.2 Å². The minimum absolute atomic E-state index is 0.0521. The van der Waals surface area contributed by atoms with Crippen LogP contribution in [0.5, 0.6) is 0 Å². The van der Waals surface area contributed by atoms with Crippen LogP contribution in [0.25, 0.3) is 0 Å². The van der Waals surface area contributed by atoms with Crippen LogP contribution in [0.1, 0.15) is 23.0 Å². The van der Waals surface area contributed by atoms with Crippen LogP contribution < -0.4 is 0 Å². The predicted molar refractivity (Wildman–Crippen MR) is 69.5 cm³/mol. The number of nitrogens with zero attached hydrogens (tertiary/aromatic N) is 2. The predicted octanol–water partition coefficient (Wildman–Crippen LogP) is 1.27. The molecule has 0 bridgehead atoms. The van der Waals surface area contributed by atoms with E-state index in [1.165, 1.54) is 7.11 Å². The molecule has 0 spiro atoms. The molecule has 2 heterocycles. The van der Waals surface area contributed by atoms with Crippen LogP contribution in [0.4, 0.5) is 0 Å². The molecule has 2 atom stereocenters. The van der Waals surface area contributed by atoms with Crippen molar-refractivity contribution >= 4 is 11.9 Å². The number of ether oxygens (including phenoxy) is 1. The third-order valence-corrected chi connectivity index (χ3v) is 3.55. The zero-order chi connectivity index (χ0) is 14.0. The highest BCUT2D eigenvalue weighted by Crippen LogP contribution is 2.25. The number of hydrogen-bond donors (Lipinski definition) is 0. The van der Waals surface area contributed by atoms with E-state index in [4.69, 9.17) is 4.74 Å². The molecule has 2 rings (SSSR count). The van der Waals surface area contributed by atoms with E-state index >= 15 is 0 Å². The Hall–Kier alpha value is -1.91. The Morgan fingerprint density at radius 1 is 1.42 bits per heavy atom. The molecule has 0 N–H and O–H groups in total. The molecule has 1 saturated heterocycles. The Labute approximate surface area is 112 Å². The van der Waals surface area contributed by atoms with Gasteiger partial charge in [-0.1, -0.05) is 6.92 Å². The minimum Gasteiger partial charge on any atom is -0.469 e. The summed E-state index contributed by atoms with van der Waals surface area (Å²) in [5.74, 6) is -0.395. The summed E-state index contributed by atoms with van der Waals surface area (Å²) in [6.07, 6.45) is 1.62. The number of carbonyl (C=O) groups excluding carboxylic acids is 2. The van der Waals surface area contributed by atoms with Gasteiger partial charge in [-0.15, -0.1) is 0 Å². The lowest BCUT2D eigenvalue weighted by Gasteiger charge is -2.16. The SMILES string of the molecule is COC(=O)C1CN(C(=O)c2ccnc(C)c2)CC1C. The minimum atomic E-state index is -0.242. The molecular formula is C14H18N2O3. The van der Waals surface area contributed by atoms with E-state index in [9.17, 15) is 9.59 Å². The van der Waals surface area contributed by atoms with Crippen molar-refractivity contribution in [1.82, 2.24) is 9.88 Å². The molecule has 1 amide bonds. The van der Waals surface area contributed by atoms with Gasteiger partial charge in [0.25, 0.3) is 5.91 Å². The summed E-state index contributed by atoms with van der Waals surface area (Å²) in [5.41, 5.74) is 1.42. The number of rotatable bonds is 2. The highest BCUT2D eigenvalue weighted by atomic mass is 16.5. The van der Waals surface area contributed by atoms with Crippen LogP contribution in [-0.2, 0) is 9.53 Å². The van der Waals surface area contributed by atoms with Crippen molar-refractivity contribution in [3.05, 3.63) is 29.6 Å². The number of amides is 1. The lowest BCUT2D eigenvalue weighted by Crippen LogP contribution is -2.30. The van der Waals surface area contributed by atoms with Gasteiger partial charge in [-0.25, -0.2) is 0 Å². The Balaban J connectivity index is 2.12. The average molecular weight is 262 g/mol. The smallest absolute Gasteiger partial charge is 0.310 e. The zero-order valence-corrected chi connectivity index (χ0v) is 11.4. The molecule has 102 valence electrons. The first-order chi connectivity index (χ1) is 9.02. The van der Waals surface area contributed by atoms with E-state index in [0.29, 0.717) is 18.7 Å². The summed E-state index contributed by atoms with van der Waals surface area (Å²) in [7, 11) is 1.38. The molecule has 1 aromatic heterocycles. The second-order valence-corrected chi connectivity index (χ2v) is 5.00. The highest BCUT2D eigenvalue weighted by molar-refractivity contribution is 5.94. The number of esters is 1. The second-order valence-electron chi connectivity index (χ2n) is 5.00. The molecule has 0 saturated carbocycles. The molecule has 2 unspecified atom stereocenters. The Bertz CT molecular complexity index is 501. The van der Waals surface area contributed by atoms with Gasteiger partial charge in [0.15, 0.2) is 0 Å². The third-order valence-electron chi connectivity index (χ3n) is 3.55. The van der Waals surface area contributed by atoms with Gasteiger partial charge in [-0.2, -0.15) is 0 Å². The maximum Gasteiger partial charge on any atom is 0.310 e. The van der Waals surface area contributed by atoms with Crippen LogP contribution in [0.3, 0.4) is 0 Å². The van der Waals surface area contributed by atoms with Gasteiger partial charge in [0, 0.05) is 30.5 Å². The first-order valence-electron chi connectivity index (χ1n) is 6.32. The number of aryl methyl sites for hydroxylation is 1. The summed E-state index contributed by atoms with van der Waals surface area (Å²) in [4.78, 5) is 29.7. The van der Waals surface area contributed by atoms with E-state index < -0.39 is 0 Å². The van der Waals surface area contributed by atoms with Crippen molar-refractivity contribution in [3.63, 3.8) is 0 Å². The van der Waals surface area contributed by atoms with Crippen LogP contribution in [0.15, 0.2) is 18.3 Å². The number of aromatic nitrogens is 1. The molecule has 0 aliphatic carbocycles. The lowest BCUT2D eigenvalue weighted by molar-refractivity contribution is -0.146. The normalized spacial score (nSPS) is 22.4. The van der Waals surface area contributed by atoms with Crippen molar-refractivity contribution in [1.29, 1.82) is 0 Å². The fourth-order valence-electron chi connectivity index (χ4n) is 2.45. The van der Waals surface area contributed by atoms with Crippen molar-refractivity contribution in [3.8, 4) is 0 Å². The molecule has 0 aromatic carbocycles. The van der Waals surface area contributed by atoms with Gasteiger partial charge in [-0.3, -0.25) is 14.6 Å². The van der Waals surface area contributed by atoms with Crippen molar-refractivity contribution < 1.29 is 14.3 Å². The van der Waals surface area contributed by atoms with E-state index in [-0.39, 0.29) is 23.7 Å². The van der Waals surface area contributed by atoms with Gasteiger partial charge in [-0.05, 0) is 25.0 Å². The zero-order valence-electron chi connectivity index (χ0n) is 11.4. The summed E-state index contributed by atoms with van der Waals surface area (Å²) in [6, 6.07) is 3.46. The fraction of sp³-hybridized carbons (Fsp3) is 0.500. The van der Waals surface area contributed by atoms with E-state index in [2.05, 4.69) is 4.98 Å². The van der Waals surface area contributed by atoms with Gasteiger partial charge in [0.05, 0.1) is 13.0 Å². The molecule has 1 aliphatic heterocycles. The molecular weight excluding hydrogens is 244 g/mol. The second kappa shape index (κ2) is 5.38. The number of pyridine rings is 1. The van der Waals surface area contributed by atoms with E-state index in [1.54, 1.807) is 23.2 Å². The maximum atomic E-state index is 12.3. The first kappa shape index (κ1) is 13.5. The first-order valence-corrected chi connectivity index (χ1v) is 6.32. The van der Waals surface area contributed by atoms with Gasteiger partial charge in [0.2, 0.25) is 0 Å². The summed E-state index contributed by atoms with van der Waals surface area (Å²) in [6.45, 7) is 4.82. The Kier molecular flexibility index (Phi) is 3.83. The molecule has 19 heavy (non-hydrogen) atoms. The van der Waals surface area contributed by atoms with Crippen molar-refractivity contribution in [2.24, 2.45) is 11.8 Å². The van der Waals surface area contributed by atoms with Crippen LogP contribution in [0, 0.1) is 18.8 Å². The lowest BCUT2D eigenvalue weighted by atomic mass is 9.99. The maximum absolute atomic E-state index is 12.3. The number of hydrogen-bond acceptors (Lipinski definition) is 4. The van der Waals surface area contributed by atoms with Crippen molar-refractivity contribution in [2.45, 2.75) is 13.8 Å². The topological polar surface area (TPSA) is 59.5 Å². The molecule has 1 fully saturated rings. The molecule has 5 nitrogen and oxygen atoms in total. The van der Waals surface area contributed by atoms with E-state index in [0.717, 1.165) is 5.69 Å². The monoisotopic (exact) mass is 262 g/mol. The van der Waals surface area contributed by atoms with Gasteiger partial charge in [0.1, 0.15) is 0 Å². The quantitative estimate of drug-likeness (QED) is 0.753. The third kappa shape index (κ3) is 2.75. The van der Waals surface area contributed by atoms with Gasteiger partial charge < -0.3 is 9.64 Å². The fourth-order valence-corrected chi connectivity index (χ4v) is 2.45. The van der Waals surface area contributed by atoms with Crippen LogP contribution in [-0.4, -0.2) is 42.0 Å². The summed E-state index contributed by atoms with van der Waals surface area (Å²) < 4.78 is 4.77. The van der Waals surface area contributed by atoms with Gasteiger partial charge >= 0.3 is 5.97 Å². The van der Waals surface area contributed by atoms with Crippen LogP contribution in [0.2, 0.25) is 0 Å². The standard InChI is InChI=1S/C14H18N2O3/c1-9-7-16(8-12(9)14(18)19-3)13(17)11-4-5-15-10(2)6-11/h4-6,9,12H,7-8H2,1-3H3. The van der Waals surface area contributed by atoms with E-state index in [1.807, 2.05) is 13.8 Å². The highest BCUT2D eigenvalue weighted by Gasteiger charge is 2.37. The Morgan fingerprint density at radius 2 is 2.16 bits per heavy atom. The molecule has 5 heteroatoms. The van der Waals surface area contributed by atoms with Crippen LogP contribution >= 0.6 is 0 Å². The molecule has 1 aliphatic rings. The number of carbonyl (C=O) groups is 2. The molecule has 0 radical (unpaired) electrons. The summed E-state index contributed by atoms with van der Waals surface area (Å²) >= 11 is 0. The summed E-state index contributed by atoms with van der Waals surface area (Å²) in [5, 5.41) is 0. The largest absolute Gasteiger partial charge is 0.469 e.